The van der Waals surface area contributed by atoms with Gasteiger partial charge in [-0.25, -0.2) is 4.39 Å². The Hall–Kier alpha value is -1.87. The van der Waals surface area contributed by atoms with Gasteiger partial charge in [-0.2, -0.15) is 0 Å². The standard InChI is InChI=1S/C17H19FO2/c1-11(2)14-5-4-12(3)17(8-14)20-16-7-13(10-19)6-15(18)9-16/h4-9,11,19H,10H2,1-3H3. The van der Waals surface area contributed by atoms with Gasteiger partial charge in [-0.1, -0.05) is 26.0 Å². The lowest BCUT2D eigenvalue weighted by Crippen LogP contribution is -1.94. The van der Waals surface area contributed by atoms with Crippen LogP contribution in [0.15, 0.2) is 36.4 Å². The fourth-order valence-electron chi connectivity index (χ4n) is 1.98. The Balaban J connectivity index is 2.34. The molecule has 3 heteroatoms. The van der Waals surface area contributed by atoms with E-state index in [0.717, 1.165) is 5.56 Å². The molecule has 2 aromatic rings. The lowest BCUT2D eigenvalue weighted by molar-refractivity contribution is 0.280. The van der Waals surface area contributed by atoms with Crippen molar-refractivity contribution in [2.45, 2.75) is 33.3 Å². The average Bonchev–Trinajstić information content (AvgIpc) is 2.40. The number of benzene rings is 2. The zero-order valence-electron chi connectivity index (χ0n) is 12.0. The van der Waals surface area contributed by atoms with Gasteiger partial charge in [-0.3, -0.25) is 0 Å². The van der Waals surface area contributed by atoms with Crippen molar-refractivity contribution in [1.29, 1.82) is 0 Å². The summed E-state index contributed by atoms with van der Waals surface area (Å²) in [5.74, 6) is 1.10. The van der Waals surface area contributed by atoms with Crippen LogP contribution in [0.3, 0.4) is 0 Å². The monoisotopic (exact) mass is 274 g/mol. The molecule has 0 fully saturated rings. The fourth-order valence-corrected chi connectivity index (χ4v) is 1.98. The van der Waals surface area contributed by atoms with Gasteiger partial charge in [-0.05, 0) is 47.7 Å². The van der Waals surface area contributed by atoms with Crippen LogP contribution in [0.25, 0.3) is 0 Å². The molecule has 0 saturated heterocycles. The number of rotatable bonds is 4. The van der Waals surface area contributed by atoms with E-state index in [0.29, 0.717) is 23.0 Å². The van der Waals surface area contributed by atoms with Crippen LogP contribution in [-0.2, 0) is 6.61 Å². The van der Waals surface area contributed by atoms with Gasteiger partial charge in [0.2, 0.25) is 0 Å². The third-order valence-electron chi connectivity index (χ3n) is 3.22. The van der Waals surface area contributed by atoms with Gasteiger partial charge in [0.05, 0.1) is 6.61 Å². The van der Waals surface area contributed by atoms with Crippen molar-refractivity contribution in [2.75, 3.05) is 0 Å². The number of hydrogen-bond donors (Lipinski definition) is 1. The van der Waals surface area contributed by atoms with Gasteiger partial charge in [0.25, 0.3) is 0 Å². The summed E-state index contributed by atoms with van der Waals surface area (Å²) < 4.78 is 19.2. The van der Waals surface area contributed by atoms with Crippen LogP contribution in [0.4, 0.5) is 4.39 Å². The second kappa shape index (κ2) is 6.06. The molecule has 0 heterocycles. The summed E-state index contributed by atoms with van der Waals surface area (Å²) in [4.78, 5) is 0. The van der Waals surface area contributed by atoms with E-state index in [2.05, 4.69) is 19.9 Å². The summed E-state index contributed by atoms with van der Waals surface area (Å²) >= 11 is 0. The SMILES string of the molecule is Cc1ccc(C(C)C)cc1Oc1cc(F)cc(CO)c1. The summed E-state index contributed by atoms with van der Waals surface area (Å²) in [5, 5.41) is 9.10. The molecule has 20 heavy (non-hydrogen) atoms. The van der Waals surface area contributed by atoms with Crippen LogP contribution in [0.2, 0.25) is 0 Å². The van der Waals surface area contributed by atoms with E-state index in [1.54, 1.807) is 6.07 Å². The van der Waals surface area contributed by atoms with Crippen LogP contribution >= 0.6 is 0 Å². The van der Waals surface area contributed by atoms with Crippen molar-refractivity contribution in [3.05, 3.63) is 58.9 Å². The molecule has 0 aliphatic rings. The highest BCUT2D eigenvalue weighted by Crippen LogP contribution is 2.29. The summed E-state index contributed by atoms with van der Waals surface area (Å²) in [6, 6.07) is 10.3. The molecule has 0 radical (unpaired) electrons. The summed E-state index contributed by atoms with van der Waals surface area (Å²) in [6.45, 7) is 5.96. The van der Waals surface area contributed by atoms with E-state index in [4.69, 9.17) is 9.84 Å². The molecule has 0 atom stereocenters. The Bertz CT molecular complexity index is 606. The highest BCUT2D eigenvalue weighted by atomic mass is 19.1. The van der Waals surface area contributed by atoms with Crippen LogP contribution in [0.5, 0.6) is 11.5 Å². The zero-order chi connectivity index (χ0) is 14.7. The molecule has 0 unspecified atom stereocenters. The minimum absolute atomic E-state index is 0.209. The first-order chi connectivity index (χ1) is 9.49. The molecule has 2 aromatic carbocycles. The zero-order valence-corrected chi connectivity index (χ0v) is 12.0. The highest BCUT2D eigenvalue weighted by Gasteiger charge is 2.08. The van der Waals surface area contributed by atoms with Gasteiger partial charge in [0.1, 0.15) is 17.3 Å². The highest BCUT2D eigenvalue weighted by molar-refractivity contribution is 5.41. The number of aliphatic hydroxyl groups excluding tert-OH is 1. The Morgan fingerprint density at radius 1 is 1.15 bits per heavy atom. The number of aliphatic hydroxyl groups is 1. The molecule has 0 bridgehead atoms. The van der Waals surface area contributed by atoms with E-state index in [1.165, 1.54) is 17.7 Å². The smallest absolute Gasteiger partial charge is 0.130 e. The van der Waals surface area contributed by atoms with E-state index in [9.17, 15) is 4.39 Å². The van der Waals surface area contributed by atoms with E-state index >= 15 is 0 Å². The lowest BCUT2D eigenvalue weighted by Gasteiger charge is -2.13. The van der Waals surface area contributed by atoms with Crippen molar-refractivity contribution < 1.29 is 14.2 Å². The predicted octanol–water partition coefficient (Wildman–Crippen LogP) is 4.54. The number of aryl methyl sites for hydroxylation is 1. The molecule has 0 aromatic heterocycles. The Kier molecular flexibility index (Phi) is 4.40. The van der Waals surface area contributed by atoms with Crippen molar-refractivity contribution in [2.24, 2.45) is 0 Å². The normalized spacial score (nSPS) is 10.9. The van der Waals surface area contributed by atoms with E-state index in [-0.39, 0.29) is 6.61 Å². The molecular weight excluding hydrogens is 255 g/mol. The molecule has 2 rings (SSSR count). The first-order valence-corrected chi connectivity index (χ1v) is 6.68. The van der Waals surface area contributed by atoms with Crippen LogP contribution < -0.4 is 4.74 Å². The molecule has 2 nitrogen and oxygen atoms in total. The Morgan fingerprint density at radius 3 is 2.55 bits per heavy atom. The molecule has 0 aliphatic heterocycles. The average molecular weight is 274 g/mol. The molecule has 1 N–H and O–H groups in total. The maximum absolute atomic E-state index is 13.4. The van der Waals surface area contributed by atoms with Gasteiger partial charge in [0.15, 0.2) is 0 Å². The Morgan fingerprint density at radius 2 is 1.90 bits per heavy atom. The van der Waals surface area contributed by atoms with Crippen LogP contribution in [0.1, 0.15) is 36.5 Å². The molecule has 106 valence electrons. The minimum Gasteiger partial charge on any atom is -0.457 e. The van der Waals surface area contributed by atoms with Crippen molar-refractivity contribution in [1.82, 2.24) is 0 Å². The topological polar surface area (TPSA) is 29.5 Å². The molecule has 0 amide bonds. The first kappa shape index (κ1) is 14.5. The first-order valence-electron chi connectivity index (χ1n) is 6.68. The van der Waals surface area contributed by atoms with E-state index < -0.39 is 5.82 Å². The Labute approximate surface area is 118 Å². The number of ether oxygens (including phenoxy) is 1. The largest absolute Gasteiger partial charge is 0.457 e. The third-order valence-corrected chi connectivity index (χ3v) is 3.22. The van der Waals surface area contributed by atoms with Crippen molar-refractivity contribution in [3.8, 4) is 11.5 Å². The maximum Gasteiger partial charge on any atom is 0.130 e. The predicted molar refractivity (Wildman–Crippen MR) is 77.7 cm³/mol. The third kappa shape index (κ3) is 3.36. The van der Waals surface area contributed by atoms with Crippen LogP contribution in [0, 0.1) is 12.7 Å². The van der Waals surface area contributed by atoms with Crippen LogP contribution in [-0.4, -0.2) is 5.11 Å². The van der Waals surface area contributed by atoms with Gasteiger partial charge >= 0.3 is 0 Å². The maximum atomic E-state index is 13.4. The van der Waals surface area contributed by atoms with Gasteiger partial charge in [0, 0.05) is 6.07 Å². The second-order valence-electron chi connectivity index (χ2n) is 5.23. The summed E-state index contributed by atoms with van der Waals surface area (Å²) in [7, 11) is 0. The minimum atomic E-state index is -0.413. The number of hydrogen-bond acceptors (Lipinski definition) is 2. The number of halogens is 1. The van der Waals surface area contributed by atoms with Crippen molar-refractivity contribution >= 4 is 0 Å². The molecule has 0 spiro atoms. The van der Waals surface area contributed by atoms with Gasteiger partial charge < -0.3 is 9.84 Å². The fraction of sp³-hybridized carbons (Fsp3) is 0.294. The summed E-state index contributed by atoms with van der Waals surface area (Å²) in [6.07, 6.45) is 0. The van der Waals surface area contributed by atoms with Crippen molar-refractivity contribution in [3.63, 3.8) is 0 Å². The quantitative estimate of drug-likeness (QED) is 0.886. The molecule has 0 aliphatic carbocycles. The lowest BCUT2D eigenvalue weighted by atomic mass is 10.0. The molecule has 0 saturated carbocycles. The van der Waals surface area contributed by atoms with Gasteiger partial charge in [-0.15, -0.1) is 0 Å². The van der Waals surface area contributed by atoms with E-state index in [1.807, 2.05) is 19.1 Å². The molecular formula is C17H19FO2. The second-order valence-corrected chi connectivity index (χ2v) is 5.23. The summed E-state index contributed by atoms with van der Waals surface area (Å²) in [5.41, 5.74) is 2.66.